The zero-order valence-electron chi connectivity index (χ0n) is 16.5. The molecule has 0 atom stereocenters. The number of amides is 1. The van der Waals surface area contributed by atoms with Crippen molar-refractivity contribution in [2.45, 2.75) is 46.5 Å². The van der Waals surface area contributed by atoms with E-state index in [1.807, 2.05) is 44.2 Å². The molecule has 5 heteroatoms. The Morgan fingerprint density at radius 2 is 1.78 bits per heavy atom. The Balaban J connectivity index is 1.69. The first-order chi connectivity index (χ1) is 12.7. The molecule has 3 rings (SSSR count). The molecule has 0 fully saturated rings. The van der Waals surface area contributed by atoms with Crippen molar-refractivity contribution in [2.24, 2.45) is 0 Å². The van der Waals surface area contributed by atoms with Crippen LogP contribution in [0.2, 0.25) is 0 Å². The molecule has 0 unspecified atom stereocenters. The normalized spacial score (nSPS) is 11.4. The lowest BCUT2D eigenvalue weighted by atomic mass is 9.87. The maximum absolute atomic E-state index is 12.3. The molecule has 3 aromatic rings. The highest BCUT2D eigenvalue weighted by molar-refractivity contribution is 5.92. The van der Waals surface area contributed by atoms with Crippen LogP contribution in [0, 0.1) is 13.8 Å². The first-order valence-corrected chi connectivity index (χ1v) is 9.03. The number of aryl methyl sites for hydroxylation is 2. The molecule has 0 radical (unpaired) electrons. The van der Waals surface area contributed by atoms with E-state index in [4.69, 9.17) is 4.52 Å². The first-order valence-electron chi connectivity index (χ1n) is 9.03. The number of nitrogens with one attached hydrogen (secondary N) is 1. The monoisotopic (exact) mass is 363 g/mol. The zero-order chi connectivity index (χ0) is 19.6. The van der Waals surface area contributed by atoms with Crippen LogP contribution in [0.15, 0.2) is 47.0 Å². The molecular formula is C22H25N3O2. The molecule has 0 aliphatic rings. The summed E-state index contributed by atoms with van der Waals surface area (Å²) in [5.74, 6) is 0.622. The summed E-state index contributed by atoms with van der Waals surface area (Å²) in [7, 11) is 0. The van der Waals surface area contributed by atoms with Gasteiger partial charge in [-0.2, -0.15) is 4.98 Å². The number of carbonyl (C=O) groups is 1. The van der Waals surface area contributed by atoms with Gasteiger partial charge in [0.25, 0.3) is 5.89 Å². The number of carbonyl (C=O) groups excluding carboxylic acids is 1. The first kappa shape index (κ1) is 18.8. The van der Waals surface area contributed by atoms with Gasteiger partial charge in [-0.25, -0.2) is 0 Å². The summed E-state index contributed by atoms with van der Waals surface area (Å²) in [6, 6.07) is 14.0. The van der Waals surface area contributed by atoms with Crippen molar-refractivity contribution in [1.82, 2.24) is 10.1 Å². The van der Waals surface area contributed by atoms with Crippen LogP contribution in [0.25, 0.3) is 11.5 Å². The van der Waals surface area contributed by atoms with Crippen molar-refractivity contribution in [1.29, 1.82) is 0 Å². The van der Waals surface area contributed by atoms with Crippen molar-refractivity contribution in [3.63, 3.8) is 0 Å². The minimum absolute atomic E-state index is 0.0664. The van der Waals surface area contributed by atoms with Crippen molar-refractivity contribution in [3.8, 4) is 11.5 Å². The predicted molar refractivity (Wildman–Crippen MR) is 107 cm³/mol. The lowest BCUT2D eigenvalue weighted by molar-refractivity contribution is -0.115. The van der Waals surface area contributed by atoms with Gasteiger partial charge in [-0.1, -0.05) is 50.2 Å². The summed E-state index contributed by atoms with van der Waals surface area (Å²) in [5, 5.41) is 6.85. The number of rotatable bonds is 4. The van der Waals surface area contributed by atoms with E-state index in [1.165, 1.54) is 5.56 Å². The summed E-state index contributed by atoms with van der Waals surface area (Å²) >= 11 is 0. The summed E-state index contributed by atoms with van der Waals surface area (Å²) in [6.07, 6.45) is 0.0664. The van der Waals surface area contributed by atoms with Crippen molar-refractivity contribution < 1.29 is 9.32 Å². The highest BCUT2D eigenvalue weighted by Crippen LogP contribution is 2.25. The van der Waals surface area contributed by atoms with Crippen LogP contribution >= 0.6 is 0 Å². The third-order valence-electron chi connectivity index (χ3n) is 4.45. The second-order valence-electron chi connectivity index (χ2n) is 7.89. The summed E-state index contributed by atoms with van der Waals surface area (Å²) in [4.78, 5) is 16.7. The third kappa shape index (κ3) is 4.61. The van der Waals surface area contributed by atoms with Gasteiger partial charge in [0.2, 0.25) is 5.91 Å². The highest BCUT2D eigenvalue weighted by atomic mass is 16.5. The Labute approximate surface area is 159 Å². The van der Waals surface area contributed by atoms with E-state index in [0.29, 0.717) is 11.7 Å². The van der Waals surface area contributed by atoms with Gasteiger partial charge in [-0.15, -0.1) is 0 Å². The second kappa shape index (κ2) is 7.35. The number of anilines is 1. The largest absolute Gasteiger partial charge is 0.334 e. The maximum Gasteiger partial charge on any atom is 0.257 e. The van der Waals surface area contributed by atoms with Crippen LogP contribution in [-0.4, -0.2) is 16.0 Å². The Bertz CT molecular complexity index is 950. The van der Waals surface area contributed by atoms with E-state index in [-0.39, 0.29) is 17.7 Å². The standard InChI is InChI=1S/C22H25N3O2/c1-14-6-7-15(2)18(12-14)23-20(26)13-19-24-21(27-25-19)16-8-10-17(11-9-16)22(3,4)5/h6-12H,13H2,1-5H3,(H,23,26). The minimum Gasteiger partial charge on any atom is -0.334 e. The highest BCUT2D eigenvalue weighted by Gasteiger charge is 2.16. The molecule has 27 heavy (non-hydrogen) atoms. The fourth-order valence-electron chi connectivity index (χ4n) is 2.76. The van der Waals surface area contributed by atoms with E-state index in [0.717, 1.165) is 22.4 Å². The number of aromatic nitrogens is 2. The van der Waals surface area contributed by atoms with Gasteiger partial charge in [0.1, 0.15) is 0 Å². The van der Waals surface area contributed by atoms with Crippen LogP contribution in [0.1, 0.15) is 43.3 Å². The Morgan fingerprint density at radius 3 is 2.44 bits per heavy atom. The average molecular weight is 363 g/mol. The predicted octanol–water partition coefficient (Wildman–Crippen LogP) is 4.83. The van der Waals surface area contributed by atoms with Gasteiger partial charge in [0.15, 0.2) is 5.82 Å². The van der Waals surface area contributed by atoms with E-state index in [2.05, 4.69) is 48.4 Å². The number of benzene rings is 2. The summed E-state index contributed by atoms with van der Waals surface area (Å²) < 4.78 is 5.33. The van der Waals surface area contributed by atoms with Gasteiger partial charge < -0.3 is 9.84 Å². The fourth-order valence-corrected chi connectivity index (χ4v) is 2.76. The molecule has 1 N–H and O–H groups in total. The Morgan fingerprint density at radius 1 is 1.07 bits per heavy atom. The second-order valence-corrected chi connectivity index (χ2v) is 7.89. The van der Waals surface area contributed by atoms with Gasteiger partial charge >= 0.3 is 0 Å². The topological polar surface area (TPSA) is 68.0 Å². The maximum atomic E-state index is 12.3. The van der Waals surface area contributed by atoms with Crippen molar-refractivity contribution in [3.05, 3.63) is 65.0 Å². The van der Waals surface area contributed by atoms with E-state index >= 15 is 0 Å². The number of nitrogens with zero attached hydrogens (tertiary/aromatic N) is 2. The van der Waals surface area contributed by atoms with Crippen molar-refractivity contribution >= 4 is 11.6 Å². The Hall–Kier alpha value is -2.95. The van der Waals surface area contributed by atoms with E-state index < -0.39 is 0 Å². The molecular weight excluding hydrogens is 338 g/mol. The lowest BCUT2D eigenvalue weighted by Crippen LogP contribution is -2.16. The SMILES string of the molecule is Cc1ccc(C)c(NC(=O)Cc2noc(-c3ccc(C(C)(C)C)cc3)n2)c1. The zero-order valence-corrected chi connectivity index (χ0v) is 16.5. The minimum atomic E-state index is -0.167. The molecule has 0 spiro atoms. The van der Waals surface area contributed by atoms with Gasteiger partial charge in [0.05, 0.1) is 6.42 Å². The van der Waals surface area contributed by atoms with Gasteiger partial charge in [-0.05, 0) is 54.2 Å². The molecule has 1 amide bonds. The fraction of sp³-hybridized carbons (Fsp3) is 0.318. The van der Waals surface area contributed by atoms with Crippen LogP contribution in [-0.2, 0) is 16.6 Å². The number of hydrogen-bond donors (Lipinski definition) is 1. The molecule has 0 saturated heterocycles. The molecule has 0 bridgehead atoms. The molecule has 1 heterocycles. The van der Waals surface area contributed by atoms with E-state index in [1.54, 1.807) is 0 Å². The van der Waals surface area contributed by atoms with Crippen LogP contribution < -0.4 is 5.32 Å². The average Bonchev–Trinajstić information content (AvgIpc) is 3.06. The third-order valence-corrected chi connectivity index (χ3v) is 4.45. The van der Waals surface area contributed by atoms with Crippen LogP contribution in [0.5, 0.6) is 0 Å². The molecule has 1 aromatic heterocycles. The smallest absolute Gasteiger partial charge is 0.257 e. The molecule has 0 aliphatic heterocycles. The van der Waals surface area contributed by atoms with Crippen LogP contribution in [0.3, 0.4) is 0 Å². The quantitative estimate of drug-likeness (QED) is 0.721. The number of hydrogen-bond acceptors (Lipinski definition) is 4. The lowest BCUT2D eigenvalue weighted by Gasteiger charge is -2.18. The summed E-state index contributed by atoms with van der Waals surface area (Å²) in [5.41, 5.74) is 5.08. The van der Waals surface area contributed by atoms with Crippen LogP contribution in [0.4, 0.5) is 5.69 Å². The van der Waals surface area contributed by atoms with Gasteiger partial charge in [-0.3, -0.25) is 4.79 Å². The molecule has 0 saturated carbocycles. The molecule has 0 aliphatic carbocycles. The Kier molecular flexibility index (Phi) is 5.13. The molecule has 140 valence electrons. The van der Waals surface area contributed by atoms with Crippen molar-refractivity contribution in [2.75, 3.05) is 5.32 Å². The van der Waals surface area contributed by atoms with Gasteiger partial charge in [0, 0.05) is 11.3 Å². The summed E-state index contributed by atoms with van der Waals surface area (Å²) in [6.45, 7) is 10.5. The van der Waals surface area contributed by atoms with E-state index in [9.17, 15) is 4.79 Å². The molecule has 5 nitrogen and oxygen atoms in total. The molecule has 2 aromatic carbocycles.